The van der Waals surface area contributed by atoms with Gasteiger partial charge in [-0.15, -0.1) is 0 Å². The molecule has 1 N–H and O–H groups in total. The molecule has 52 heavy (non-hydrogen) atoms. The lowest BCUT2D eigenvalue weighted by Crippen LogP contribution is -2.53. The van der Waals surface area contributed by atoms with Gasteiger partial charge in [0, 0.05) is 5.34 Å². The van der Waals surface area contributed by atoms with Crippen LogP contribution in [0.25, 0.3) is 0 Å². The van der Waals surface area contributed by atoms with Gasteiger partial charge >= 0.3 is 0 Å². The van der Waals surface area contributed by atoms with Crippen molar-refractivity contribution < 1.29 is 9.82 Å². The highest BCUT2D eigenvalue weighted by atomic mass is 16.6. The van der Waals surface area contributed by atoms with Gasteiger partial charge in [0.15, 0.2) is 0 Å². The van der Waals surface area contributed by atoms with Gasteiger partial charge in [-0.2, -0.15) is 0 Å². The Morgan fingerprint density at radius 3 is 0.519 bits per heavy atom. The smallest absolute Gasteiger partial charge is 0.0786 e. The third-order valence-corrected chi connectivity index (χ3v) is 11.9. The molecule has 0 heterocycles. The summed E-state index contributed by atoms with van der Waals surface area (Å²) in [4.78, 5) is 8.12. The molecule has 0 fully saturated rings. The SMILES string of the molecule is CCCCCCCCCCCC[N+](CCCCCCCCCCCC)(CCCCCCCCCCCC)CCCCCCCCCCCC.O=[NH+][O-]. The summed E-state index contributed by atoms with van der Waals surface area (Å²) in [6.45, 7) is 15.3. The third-order valence-electron chi connectivity index (χ3n) is 11.9. The van der Waals surface area contributed by atoms with Crippen molar-refractivity contribution in [1.82, 2.24) is 0 Å². The summed E-state index contributed by atoms with van der Waals surface area (Å²) in [6.07, 6.45) is 58.7. The standard InChI is InChI=1S/C48H100N.HNO2/c1-5-9-13-17-21-25-29-33-37-41-45-49(46-42-38-34-30-26-22-18-14-10-6-2,47-43-39-35-31-27-23-19-15-11-7-3)48-44-40-36-32-28-24-20-16-12-8-4;2-1-3/h5-48H2,1-4H3;1H/q+1;. The first-order valence-corrected chi connectivity index (χ1v) is 24.5. The van der Waals surface area contributed by atoms with E-state index in [-0.39, 0.29) is 5.34 Å². The fourth-order valence-corrected chi connectivity index (χ4v) is 8.41. The molecule has 0 aromatic heterocycles. The van der Waals surface area contributed by atoms with Crippen LogP contribution in [0.3, 0.4) is 0 Å². The average molecular weight is 738 g/mol. The van der Waals surface area contributed by atoms with Gasteiger partial charge in [-0.25, -0.2) is 0 Å². The number of nitrogens with one attached hydrogen (secondary N) is 1. The summed E-state index contributed by atoms with van der Waals surface area (Å²) < 4.78 is 1.49. The Hall–Kier alpha value is -0.640. The van der Waals surface area contributed by atoms with Crippen LogP contribution in [-0.2, 0) is 0 Å². The van der Waals surface area contributed by atoms with Gasteiger partial charge in [-0.3, -0.25) is 10.1 Å². The molecule has 0 amide bonds. The summed E-state index contributed by atoms with van der Waals surface area (Å²) in [5, 5.41) is 8.38. The fourth-order valence-electron chi connectivity index (χ4n) is 8.41. The topological polar surface area (TPSA) is 54.1 Å². The van der Waals surface area contributed by atoms with Crippen molar-refractivity contribution in [2.45, 2.75) is 285 Å². The Kier molecular flexibility index (Phi) is 49.7. The number of unbranched alkanes of at least 4 members (excludes halogenated alkanes) is 36. The molecule has 0 aromatic carbocycles. The number of rotatable bonds is 44. The summed E-state index contributed by atoms with van der Waals surface area (Å²) >= 11 is 0. The molecule has 0 atom stereocenters. The van der Waals surface area contributed by atoms with Crippen molar-refractivity contribution in [3.63, 3.8) is 0 Å². The Bertz CT molecular complexity index is 526. The Morgan fingerprint density at radius 1 is 0.269 bits per heavy atom. The van der Waals surface area contributed by atoms with Crippen molar-refractivity contribution in [2.75, 3.05) is 26.2 Å². The van der Waals surface area contributed by atoms with E-state index in [9.17, 15) is 0 Å². The van der Waals surface area contributed by atoms with E-state index in [1.165, 1.54) is 287 Å². The van der Waals surface area contributed by atoms with Crippen LogP contribution in [0.5, 0.6) is 0 Å². The summed E-state index contributed by atoms with van der Waals surface area (Å²) in [7, 11) is 0. The second kappa shape index (κ2) is 48.4. The largest absolute Gasteiger partial charge is 0.324 e. The molecular formula is C48H101N2O2+. The predicted octanol–water partition coefficient (Wildman–Crippen LogP) is 15.8. The molecule has 0 aliphatic carbocycles. The lowest BCUT2D eigenvalue weighted by molar-refractivity contribution is -0.929. The molecule has 4 nitrogen and oxygen atoms in total. The molecule has 0 aliphatic rings. The molecular weight excluding hydrogens is 637 g/mol. The minimum atomic E-state index is 0.250. The Balaban J connectivity index is 0. The van der Waals surface area contributed by atoms with E-state index in [0.29, 0.717) is 0 Å². The molecule has 0 unspecified atom stereocenters. The molecule has 0 bridgehead atoms. The van der Waals surface area contributed by atoms with Gasteiger partial charge in [0.05, 0.1) is 26.2 Å². The van der Waals surface area contributed by atoms with Crippen LogP contribution in [0.4, 0.5) is 0 Å². The van der Waals surface area contributed by atoms with Crippen molar-refractivity contribution in [3.05, 3.63) is 10.1 Å². The molecule has 314 valence electrons. The first kappa shape index (κ1) is 53.5. The predicted molar refractivity (Wildman–Crippen MR) is 235 cm³/mol. The van der Waals surface area contributed by atoms with E-state index >= 15 is 0 Å². The Morgan fingerprint density at radius 2 is 0.385 bits per heavy atom. The molecule has 0 spiro atoms. The number of nitrogens with zero attached hydrogens (tertiary/aromatic N) is 1. The minimum Gasteiger partial charge on any atom is -0.324 e. The quantitative estimate of drug-likeness (QED) is 0.0293. The second-order valence-electron chi connectivity index (χ2n) is 17.0. The highest BCUT2D eigenvalue weighted by Crippen LogP contribution is 2.22. The molecule has 0 saturated carbocycles. The van der Waals surface area contributed by atoms with Crippen LogP contribution in [0.1, 0.15) is 285 Å². The van der Waals surface area contributed by atoms with E-state index in [1.807, 2.05) is 0 Å². The van der Waals surface area contributed by atoms with Crippen LogP contribution in [0.15, 0.2) is 0 Å². The number of hydrogen-bond acceptors (Lipinski definition) is 2. The summed E-state index contributed by atoms with van der Waals surface area (Å²) in [5.74, 6) is 0. The van der Waals surface area contributed by atoms with E-state index < -0.39 is 0 Å². The van der Waals surface area contributed by atoms with Crippen LogP contribution in [0, 0.1) is 10.1 Å². The Labute approximate surface area is 329 Å². The van der Waals surface area contributed by atoms with Crippen LogP contribution in [0.2, 0.25) is 0 Å². The highest BCUT2D eigenvalue weighted by Gasteiger charge is 2.25. The van der Waals surface area contributed by atoms with Gasteiger partial charge in [-0.1, -0.05) is 233 Å². The number of hydrogen-bond donors (Lipinski definition) is 1. The zero-order valence-corrected chi connectivity index (χ0v) is 36.9. The average Bonchev–Trinajstić information content (AvgIpc) is 3.15. The zero-order chi connectivity index (χ0) is 38.3. The maximum absolute atomic E-state index is 8.12. The maximum atomic E-state index is 8.12. The molecule has 0 aromatic rings. The zero-order valence-electron chi connectivity index (χ0n) is 36.9. The second-order valence-corrected chi connectivity index (χ2v) is 17.0. The van der Waals surface area contributed by atoms with E-state index in [2.05, 4.69) is 27.7 Å². The molecule has 0 saturated heterocycles. The molecule has 4 heteroatoms. The van der Waals surface area contributed by atoms with Crippen molar-refractivity contribution in [2.24, 2.45) is 0 Å². The third kappa shape index (κ3) is 43.8. The molecule has 0 radical (unpaired) electrons. The maximum Gasteiger partial charge on any atom is 0.0786 e. The van der Waals surface area contributed by atoms with E-state index in [4.69, 9.17) is 10.1 Å². The fraction of sp³-hybridized carbons (Fsp3) is 1.00. The monoisotopic (exact) mass is 738 g/mol. The van der Waals surface area contributed by atoms with Crippen molar-refractivity contribution >= 4 is 0 Å². The van der Waals surface area contributed by atoms with Crippen molar-refractivity contribution in [1.29, 1.82) is 0 Å². The first-order chi connectivity index (χ1) is 25.7. The van der Waals surface area contributed by atoms with Crippen LogP contribution < -0.4 is 5.34 Å². The van der Waals surface area contributed by atoms with Gasteiger partial charge in [0.2, 0.25) is 0 Å². The lowest BCUT2D eigenvalue weighted by Gasteiger charge is -2.40. The first-order valence-electron chi connectivity index (χ1n) is 24.5. The number of quaternary nitrogens is 1. The summed E-state index contributed by atoms with van der Waals surface area (Å²) in [5.41, 5.74) is 0. The molecule has 0 aliphatic heterocycles. The van der Waals surface area contributed by atoms with E-state index in [1.54, 1.807) is 0 Å². The van der Waals surface area contributed by atoms with E-state index in [0.717, 1.165) is 0 Å². The normalized spacial score (nSPS) is 11.5. The van der Waals surface area contributed by atoms with Gasteiger partial charge in [0.1, 0.15) is 0 Å². The van der Waals surface area contributed by atoms with Crippen molar-refractivity contribution in [3.8, 4) is 0 Å². The van der Waals surface area contributed by atoms with Crippen LogP contribution in [-0.4, -0.2) is 30.7 Å². The highest BCUT2D eigenvalue weighted by molar-refractivity contribution is 4.56. The van der Waals surface area contributed by atoms with Crippen LogP contribution >= 0.6 is 0 Å². The van der Waals surface area contributed by atoms with Gasteiger partial charge < -0.3 is 4.48 Å². The summed E-state index contributed by atoms with van der Waals surface area (Å²) in [6, 6.07) is 0. The molecule has 0 rings (SSSR count). The van der Waals surface area contributed by atoms with Gasteiger partial charge in [-0.05, 0) is 51.4 Å². The minimum absolute atomic E-state index is 0.250. The van der Waals surface area contributed by atoms with Gasteiger partial charge in [0.25, 0.3) is 0 Å². The lowest BCUT2D eigenvalue weighted by atomic mass is 10.0.